The summed E-state index contributed by atoms with van der Waals surface area (Å²) >= 11 is 0. The first-order chi connectivity index (χ1) is 9.93. The van der Waals surface area contributed by atoms with Crippen LogP contribution in [0.2, 0.25) is 0 Å². The standard InChI is InChI=1S/C15H19N3O3/c1-4-12(15(20)21)17(3)9-11-8-13(19)18-7-5-6-10(2)14(18)16-11/h5-8,12H,4,9H2,1-3H3,(H,20,21). The number of hydrogen-bond donors (Lipinski definition) is 1. The molecule has 0 spiro atoms. The molecule has 0 saturated carbocycles. The first kappa shape index (κ1) is 15.2. The monoisotopic (exact) mass is 289 g/mol. The highest BCUT2D eigenvalue weighted by atomic mass is 16.4. The van der Waals surface area contributed by atoms with Crippen LogP contribution < -0.4 is 5.56 Å². The van der Waals surface area contributed by atoms with Gasteiger partial charge >= 0.3 is 5.97 Å². The van der Waals surface area contributed by atoms with Crippen LogP contribution in [0.4, 0.5) is 0 Å². The van der Waals surface area contributed by atoms with Crippen LogP contribution in [0.15, 0.2) is 29.2 Å². The van der Waals surface area contributed by atoms with E-state index in [4.69, 9.17) is 5.11 Å². The summed E-state index contributed by atoms with van der Waals surface area (Å²) in [6.07, 6.45) is 2.18. The minimum Gasteiger partial charge on any atom is -0.480 e. The quantitative estimate of drug-likeness (QED) is 0.898. The molecular weight excluding hydrogens is 270 g/mol. The predicted octanol–water partition coefficient (Wildman–Crippen LogP) is 1.30. The Labute approximate surface area is 122 Å². The van der Waals surface area contributed by atoms with Crippen LogP contribution in [0.5, 0.6) is 0 Å². The van der Waals surface area contributed by atoms with Crippen molar-refractivity contribution in [1.82, 2.24) is 14.3 Å². The number of pyridine rings is 1. The molecule has 21 heavy (non-hydrogen) atoms. The molecule has 0 aliphatic heterocycles. The maximum absolute atomic E-state index is 12.1. The third-order valence-corrected chi connectivity index (χ3v) is 3.55. The van der Waals surface area contributed by atoms with Gasteiger partial charge in [0.25, 0.3) is 5.56 Å². The molecule has 0 fully saturated rings. The van der Waals surface area contributed by atoms with E-state index in [0.29, 0.717) is 24.3 Å². The maximum Gasteiger partial charge on any atom is 0.320 e. The Kier molecular flexibility index (Phi) is 4.37. The van der Waals surface area contributed by atoms with Gasteiger partial charge in [0.2, 0.25) is 0 Å². The Bertz CT molecular complexity index is 724. The van der Waals surface area contributed by atoms with Crippen LogP contribution in [-0.4, -0.2) is 38.4 Å². The smallest absolute Gasteiger partial charge is 0.320 e. The molecule has 2 aromatic heterocycles. The van der Waals surface area contributed by atoms with Gasteiger partial charge in [0.15, 0.2) is 0 Å². The van der Waals surface area contributed by atoms with Gasteiger partial charge < -0.3 is 5.11 Å². The second-order valence-electron chi connectivity index (χ2n) is 5.15. The molecule has 0 aliphatic carbocycles. The number of hydrogen-bond acceptors (Lipinski definition) is 4. The van der Waals surface area contributed by atoms with E-state index >= 15 is 0 Å². The number of aryl methyl sites for hydroxylation is 1. The molecule has 6 heteroatoms. The molecule has 2 heterocycles. The van der Waals surface area contributed by atoms with Gasteiger partial charge in [-0.3, -0.25) is 18.9 Å². The van der Waals surface area contributed by atoms with Crippen molar-refractivity contribution in [3.05, 3.63) is 46.0 Å². The summed E-state index contributed by atoms with van der Waals surface area (Å²) in [7, 11) is 1.73. The van der Waals surface area contributed by atoms with Crippen molar-refractivity contribution in [2.24, 2.45) is 0 Å². The van der Waals surface area contributed by atoms with Gasteiger partial charge in [0.1, 0.15) is 11.7 Å². The van der Waals surface area contributed by atoms with Gasteiger partial charge in [-0.2, -0.15) is 0 Å². The molecule has 0 saturated heterocycles. The molecule has 1 N–H and O–H groups in total. The number of likely N-dealkylation sites (N-methyl/N-ethyl adjacent to an activating group) is 1. The van der Waals surface area contributed by atoms with Crippen molar-refractivity contribution in [3.8, 4) is 0 Å². The third kappa shape index (κ3) is 3.11. The normalized spacial score (nSPS) is 12.8. The molecule has 6 nitrogen and oxygen atoms in total. The number of nitrogens with zero attached hydrogens (tertiary/aromatic N) is 3. The van der Waals surface area contributed by atoms with Crippen molar-refractivity contribution < 1.29 is 9.90 Å². The maximum atomic E-state index is 12.1. The van der Waals surface area contributed by atoms with Crippen LogP contribution >= 0.6 is 0 Å². The summed E-state index contributed by atoms with van der Waals surface area (Å²) < 4.78 is 1.49. The molecule has 0 radical (unpaired) electrons. The van der Waals surface area contributed by atoms with E-state index in [1.165, 1.54) is 10.5 Å². The van der Waals surface area contributed by atoms with Crippen molar-refractivity contribution in [2.75, 3.05) is 7.05 Å². The fourth-order valence-electron chi connectivity index (χ4n) is 2.43. The fourth-order valence-corrected chi connectivity index (χ4v) is 2.43. The van der Waals surface area contributed by atoms with Gasteiger partial charge in [0, 0.05) is 18.8 Å². The van der Waals surface area contributed by atoms with E-state index < -0.39 is 12.0 Å². The average Bonchev–Trinajstić information content (AvgIpc) is 2.40. The summed E-state index contributed by atoms with van der Waals surface area (Å²) in [5, 5.41) is 9.16. The van der Waals surface area contributed by atoms with E-state index in [0.717, 1.165) is 5.56 Å². The molecule has 0 bridgehead atoms. The molecule has 0 aliphatic rings. The Morgan fingerprint density at radius 1 is 1.52 bits per heavy atom. The van der Waals surface area contributed by atoms with Gasteiger partial charge in [0.05, 0.1) is 5.69 Å². The third-order valence-electron chi connectivity index (χ3n) is 3.55. The number of carboxylic acid groups (broad SMARTS) is 1. The fraction of sp³-hybridized carbons (Fsp3) is 0.400. The van der Waals surface area contributed by atoms with Crippen molar-refractivity contribution in [2.45, 2.75) is 32.9 Å². The Morgan fingerprint density at radius 3 is 2.86 bits per heavy atom. The van der Waals surface area contributed by atoms with Crippen LogP contribution in [0.25, 0.3) is 5.65 Å². The minimum absolute atomic E-state index is 0.157. The topological polar surface area (TPSA) is 74.9 Å². The summed E-state index contributed by atoms with van der Waals surface area (Å²) in [6, 6.07) is 4.57. The lowest BCUT2D eigenvalue weighted by atomic mass is 10.2. The Hall–Kier alpha value is -2.21. The largest absolute Gasteiger partial charge is 0.480 e. The van der Waals surface area contributed by atoms with E-state index in [-0.39, 0.29) is 5.56 Å². The lowest BCUT2D eigenvalue weighted by Crippen LogP contribution is -2.37. The van der Waals surface area contributed by atoms with Crippen LogP contribution in [0, 0.1) is 6.92 Å². The average molecular weight is 289 g/mol. The van der Waals surface area contributed by atoms with Gasteiger partial charge in [-0.15, -0.1) is 0 Å². The van der Waals surface area contributed by atoms with E-state index in [1.54, 1.807) is 24.2 Å². The second-order valence-corrected chi connectivity index (χ2v) is 5.15. The molecular formula is C15H19N3O3. The second kappa shape index (κ2) is 6.05. The molecule has 112 valence electrons. The molecule has 1 unspecified atom stereocenters. The lowest BCUT2D eigenvalue weighted by molar-refractivity contribution is -0.143. The van der Waals surface area contributed by atoms with E-state index in [1.807, 2.05) is 19.9 Å². The van der Waals surface area contributed by atoms with Crippen LogP contribution in [-0.2, 0) is 11.3 Å². The zero-order chi connectivity index (χ0) is 15.6. The summed E-state index contributed by atoms with van der Waals surface area (Å²) in [5.74, 6) is -0.867. The van der Waals surface area contributed by atoms with Crippen LogP contribution in [0.3, 0.4) is 0 Å². The number of carboxylic acids is 1. The van der Waals surface area contributed by atoms with Crippen molar-refractivity contribution in [3.63, 3.8) is 0 Å². The minimum atomic E-state index is -0.867. The van der Waals surface area contributed by atoms with E-state index in [9.17, 15) is 9.59 Å². The molecule has 0 aromatic carbocycles. The molecule has 2 rings (SSSR count). The first-order valence-corrected chi connectivity index (χ1v) is 6.85. The zero-order valence-corrected chi connectivity index (χ0v) is 12.4. The highest BCUT2D eigenvalue weighted by Gasteiger charge is 2.21. The SMILES string of the molecule is CCC(C(=O)O)N(C)Cc1cc(=O)n2cccc(C)c2n1. The zero-order valence-electron chi connectivity index (χ0n) is 12.4. The highest BCUT2D eigenvalue weighted by Crippen LogP contribution is 2.09. The van der Waals surface area contributed by atoms with Crippen molar-refractivity contribution >= 4 is 11.6 Å². The number of fused-ring (bicyclic) bond motifs is 1. The summed E-state index contributed by atoms with van der Waals surface area (Å²) in [5.41, 5.74) is 1.94. The van der Waals surface area contributed by atoms with E-state index in [2.05, 4.69) is 4.98 Å². The number of aromatic nitrogens is 2. The highest BCUT2D eigenvalue weighted by molar-refractivity contribution is 5.73. The predicted molar refractivity (Wildman–Crippen MR) is 79.4 cm³/mol. The Balaban J connectivity index is 2.37. The van der Waals surface area contributed by atoms with Crippen LogP contribution in [0.1, 0.15) is 24.6 Å². The number of rotatable bonds is 5. The van der Waals surface area contributed by atoms with Crippen molar-refractivity contribution in [1.29, 1.82) is 0 Å². The molecule has 2 aromatic rings. The van der Waals surface area contributed by atoms with Gasteiger partial charge in [-0.1, -0.05) is 13.0 Å². The van der Waals surface area contributed by atoms with Gasteiger partial charge in [-0.05, 0) is 32.0 Å². The Morgan fingerprint density at radius 2 is 2.24 bits per heavy atom. The molecule has 1 atom stereocenters. The van der Waals surface area contributed by atoms with Gasteiger partial charge in [-0.25, -0.2) is 4.98 Å². The molecule has 0 amide bonds. The number of aliphatic carboxylic acids is 1. The number of carbonyl (C=O) groups is 1. The summed E-state index contributed by atoms with van der Waals surface area (Å²) in [4.78, 5) is 29.4. The first-order valence-electron chi connectivity index (χ1n) is 6.85. The lowest BCUT2D eigenvalue weighted by Gasteiger charge is -2.23. The summed E-state index contributed by atoms with van der Waals surface area (Å²) in [6.45, 7) is 4.04.